The number of anilines is 1. The van der Waals surface area contributed by atoms with Crippen molar-refractivity contribution < 1.29 is 23.9 Å². The van der Waals surface area contributed by atoms with Crippen LogP contribution in [0.2, 0.25) is 0 Å². The molecule has 0 saturated carbocycles. The van der Waals surface area contributed by atoms with E-state index in [0.29, 0.717) is 36.8 Å². The third kappa shape index (κ3) is 5.01. The van der Waals surface area contributed by atoms with Crippen LogP contribution < -0.4 is 30.3 Å². The summed E-state index contributed by atoms with van der Waals surface area (Å²) in [6, 6.07) is 4.57. The van der Waals surface area contributed by atoms with Gasteiger partial charge in [-0.1, -0.05) is 0 Å². The molecule has 142 valence electrons. The molecule has 3 N–H and O–H groups in total. The Morgan fingerprint density at radius 1 is 1.15 bits per heavy atom. The molecule has 26 heavy (non-hydrogen) atoms. The molecule has 9 heteroatoms. The van der Waals surface area contributed by atoms with Gasteiger partial charge in [0.15, 0.2) is 11.5 Å². The van der Waals surface area contributed by atoms with Gasteiger partial charge < -0.3 is 30.3 Å². The number of carbonyl (C=O) groups excluding carboxylic acids is 3. The molecule has 1 aliphatic rings. The van der Waals surface area contributed by atoms with E-state index >= 15 is 0 Å². The molecule has 2 rings (SSSR count). The van der Waals surface area contributed by atoms with E-state index in [9.17, 15) is 14.4 Å². The first-order chi connectivity index (χ1) is 12.4. The fraction of sp³-hybridized carbons (Fsp3) is 0.471. The van der Waals surface area contributed by atoms with Crippen LogP contribution in [0.3, 0.4) is 0 Å². The van der Waals surface area contributed by atoms with E-state index in [0.717, 1.165) is 0 Å². The van der Waals surface area contributed by atoms with Crippen molar-refractivity contribution in [1.82, 2.24) is 16.0 Å². The number of amides is 4. The van der Waals surface area contributed by atoms with Gasteiger partial charge in [-0.2, -0.15) is 0 Å². The Labute approximate surface area is 152 Å². The van der Waals surface area contributed by atoms with Crippen LogP contribution in [0.15, 0.2) is 18.2 Å². The smallest absolute Gasteiger partial charge is 0.315 e. The molecule has 1 aliphatic heterocycles. The second-order valence-corrected chi connectivity index (χ2v) is 5.83. The lowest BCUT2D eigenvalue weighted by molar-refractivity contribution is -0.119. The second kappa shape index (κ2) is 8.93. The zero-order valence-electron chi connectivity index (χ0n) is 15.1. The second-order valence-electron chi connectivity index (χ2n) is 5.83. The van der Waals surface area contributed by atoms with Gasteiger partial charge in [0.05, 0.1) is 20.3 Å². The van der Waals surface area contributed by atoms with E-state index < -0.39 is 0 Å². The molecule has 4 amide bonds. The number of hydrogen-bond acceptors (Lipinski definition) is 5. The predicted molar refractivity (Wildman–Crippen MR) is 95.5 cm³/mol. The quantitative estimate of drug-likeness (QED) is 0.601. The van der Waals surface area contributed by atoms with Gasteiger partial charge in [0, 0.05) is 44.7 Å². The molecule has 0 radical (unpaired) electrons. The molecule has 0 unspecified atom stereocenters. The van der Waals surface area contributed by atoms with Crippen molar-refractivity contribution in [2.24, 2.45) is 0 Å². The minimum Gasteiger partial charge on any atom is -0.493 e. The lowest BCUT2D eigenvalue weighted by Gasteiger charge is -2.19. The van der Waals surface area contributed by atoms with Gasteiger partial charge in [0.2, 0.25) is 11.8 Å². The van der Waals surface area contributed by atoms with E-state index in [-0.39, 0.29) is 30.3 Å². The van der Waals surface area contributed by atoms with Crippen molar-refractivity contribution in [2.75, 3.05) is 38.8 Å². The average Bonchev–Trinajstić information content (AvgIpc) is 2.98. The summed E-state index contributed by atoms with van der Waals surface area (Å²) < 4.78 is 10.5. The number of urea groups is 1. The third-order valence-electron chi connectivity index (χ3n) is 3.92. The van der Waals surface area contributed by atoms with Crippen LogP contribution in [0.4, 0.5) is 10.5 Å². The predicted octanol–water partition coefficient (Wildman–Crippen LogP) is 0.244. The lowest BCUT2D eigenvalue weighted by atomic mass is 10.2. The summed E-state index contributed by atoms with van der Waals surface area (Å²) in [6.07, 6.45) is 0.216. The highest BCUT2D eigenvalue weighted by Gasteiger charge is 2.32. The van der Waals surface area contributed by atoms with Crippen molar-refractivity contribution in [3.05, 3.63) is 18.2 Å². The summed E-state index contributed by atoms with van der Waals surface area (Å²) in [7, 11) is 3.08. The standard InChI is InChI=1S/C17H24N4O5/c1-11(22)18-6-7-19-17(24)20-12-8-16(23)21(10-12)13-4-5-14(25-2)15(9-13)26-3/h4-5,9,12H,6-8,10H2,1-3H3,(H,18,22)(H2,19,20,24)/t12-/m0/s1. The molecule has 0 bridgehead atoms. The molecule has 1 aromatic carbocycles. The Morgan fingerprint density at radius 3 is 2.50 bits per heavy atom. The first-order valence-corrected chi connectivity index (χ1v) is 8.25. The van der Waals surface area contributed by atoms with E-state index in [1.54, 1.807) is 30.2 Å². The minimum atomic E-state index is -0.373. The highest BCUT2D eigenvalue weighted by atomic mass is 16.5. The van der Waals surface area contributed by atoms with Gasteiger partial charge in [0.1, 0.15) is 0 Å². The maximum atomic E-state index is 12.3. The number of methoxy groups -OCH3 is 2. The van der Waals surface area contributed by atoms with Crippen molar-refractivity contribution >= 4 is 23.5 Å². The summed E-state index contributed by atoms with van der Waals surface area (Å²) >= 11 is 0. The maximum Gasteiger partial charge on any atom is 0.315 e. The van der Waals surface area contributed by atoms with Gasteiger partial charge in [-0.25, -0.2) is 4.79 Å². The Balaban J connectivity index is 1.90. The molecular weight excluding hydrogens is 340 g/mol. The minimum absolute atomic E-state index is 0.0826. The van der Waals surface area contributed by atoms with E-state index in [1.165, 1.54) is 14.0 Å². The lowest BCUT2D eigenvalue weighted by Crippen LogP contribution is -2.45. The van der Waals surface area contributed by atoms with Crippen LogP contribution in [-0.2, 0) is 9.59 Å². The van der Waals surface area contributed by atoms with Gasteiger partial charge >= 0.3 is 6.03 Å². The molecule has 0 aliphatic carbocycles. The largest absolute Gasteiger partial charge is 0.493 e. The monoisotopic (exact) mass is 364 g/mol. The highest BCUT2D eigenvalue weighted by molar-refractivity contribution is 5.97. The SMILES string of the molecule is COc1ccc(N2C[C@@H](NC(=O)NCCNC(C)=O)CC2=O)cc1OC. The molecule has 0 aromatic heterocycles. The fourth-order valence-corrected chi connectivity index (χ4v) is 2.70. The molecule has 1 saturated heterocycles. The van der Waals surface area contributed by atoms with Gasteiger partial charge in [-0.3, -0.25) is 9.59 Å². The first kappa shape index (κ1) is 19.4. The number of benzene rings is 1. The van der Waals surface area contributed by atoms with E-state index in [2.05, 4.69) is 16.0 Å². The van der Waals surface area contributed by atoms with Crippen molar-refractivity contribution in [1.29, 1.82) is 0 Å². The number of carbonyl (C=O) groups is 3. The number of hydrogen-bond donors (Lipinski definition) is 3. The molecule has 1 aromatic rings. The zero-order chi connectivity index (χ0) is 19.1. The summed E-state index contributed by atoms with van der Waals surface area (Å²) in [5.41, 5.74) is 0.683. The van der Waals surface area contributed by atoms with Crippen LogP contribution in [0.1, 0.15) is 13.3 Å². The van der Waals surface area contributed by atoms with Crippen molar-refractivity contribution in [3.8, 4) is 11.5 Å². The fourth-order valence-electron chi connectivity index (χ4n) is 2.70. The number of rotatable bonds is 7. The van der Waals surface area contributed by atoms with Crippen LogP contribution >= 0.6 is 0 Å². The third-order valence-corrected chi connectivity index (χ3v) is 3.92. The summed E-state index contributed by atoms with van der Waals surface area (Å²) in [5.74, 6) is 0.876. The molecule has 0 spiro atoms. The number of ether oxygens (including phenoxy) is 2. The normalized spacial score (nSPS) is 16.2. The summed E-state index contributed by atoms with van der Waals surface area (Å²) in [6.45, 7) is 2.44. The molecule has 1 heterocycles. The Kier molecular flexibility index (Phi) is 6.65. The van der Waals surface area contributed by atoms with Crippen LogP contribution in [-0.4, -0.2) is 57.7 Å². The first-order valence-electron chi connectivity index (χ1n) is 8.25. The zero-order valence-corrected chi connectivity index (χ0v) is 15.1. The number of nitrogens with zero attached hydrogens (tertiary/aromatic N) is 1. The Morgan fingerprint density at radius 2 is 1.85 bits per heavy atom. The van der Waals surface area contributed by atoms with Crippen LogP contribution in [0, 0.1) is 0 Å². The van der Waals surface area contributed by atoms with Gasteiger partial charge in [0.25, 0.3) is 0 Å². The highest BCUT2D eigenvalue weighted by Crippen LogP contribution is 2.33. The molecule has 1 fully saturated rings. The maximum absolute atomic E-state index is 12.3. The van der Waals surface area contributed by atoms with Gasteiger partial charge in [-0.05, 0) is 12.1 Å². The Bertz CT molecular complexity index is 679. The van der Waals surface area contributed by atoms with Crippen LogP contribution in [0.5, 0.6) is 11.5 Å². The van der Waals surface area contributed by atoms with Crippen molar-refractivity contribution in [2.45, 2.75) is 19.4 Å². The van der Waals surface area contributed by atoms with E-state index in [1.807, 2.05) is 0 Å². The van der Waals surface area contributed by atoms with Crippen LogP contribution in [0.25, 0.3) is 0 Å². The van der Waals surface area contributed by atoms with Crippen molar-refractivity contribution in [3.63, 3.8) is 0 Å². The number of nitrogens with one attached hydrogen (secondary N) is 3. The van der Waals surface area contributed by atoms with E-state index in [4.69, 9.17) is 9.47 Å². The molecular formula is C17H24N4O5. The van der Waals surface area contributed by atoms with Gasteiger partial charge in [-0.15, -0.1) is 0 Å². The summed E-state index contributed by atoms with van der Waals surface area (Å²) in [4.78, 5) is 36.5. The molecule has 1 atom stereocenters. The molecule has 9 nitrogen and oxygen atoms in total. The average molecular weight is 364 g/mol. The topological polar surface area (TPSA) is 109 Å². The Hall–Kier alpha value is -2.97. The summed E-state index contributed by atoms with van der Waals surface area (Å²) in [5, 5.41) is 7.99.